The summed E-state index contributed by atoms with van der Waals surface area (Å²) in [6, 6.07) is 5.83. The monoisotopic (exact) mass is 440 g/mol. The number of aromatic nitrogens is 2. The number of aryl methyl sites for hydroxylation is 1. The lowest BCUT2D eigenvalue weighted by Crippen LogP contribution is -2.43. The maximum atomic E-state index is 13.5. The second-order valence-corrected chi connectivity index (χ2v) is 8.92. The molecule has 2 aliphatic rings. The van der Waals surface area contributed by atoms with Gasteiger partial charge in [0.25, 0.3) is 5.91 Å². The Labute approximate surface area is 187 Å². The van der Waals surface area contributed by atoms with E-state index in [1.54, 1.807) is 23.2 Å². The summed E-state index contributed by atoms with van der Waals surface area (Å²) in [7, 11) is 0. The first-order valence-electron chi connectivity index (χ1n) is 11.1. The van der Waals surface area contributed by atoms with E-state index in [2.05, 4.69) is 9.97 Å². The van der Waals surface area contributed by atoms with Gasteiger partial charge in [-0.1, -0.05) is 12.1 Å². The van der Waals surface area contributed by atoms with Gasteiger partial charge in [-0.25, -0.2) is 14.4 Å². The first-order valence-corrected chi connectivity index (χ1v) is 11.1. The molecular weight excluding hydrogens is 411 g/mol. The number of rotatable bonds is 4. The van der Waals surface area contributed by atoms with Crippen LogP contribution in [0, 0.1) is 12.7 Å². The smallest absolute Gasteiger partial charge is 0.257 e. The maximum Gasteiger partial charge on any atom is 0.257 e. The first kappa shape index (κ1) is 22.3. The highest BCUT2D eigenvalue weighted by molar-refractivity contribution is 5.95. The number of nitrogens with zero attached hydrogens (tertiary/aromatic N) is 4. The number of carbonyl (C=O) groups excluding carboxylic acids is 2. The molecule has 2 fully saturated rings. The van der Waals surface area contributed by atoms with Crippen molar-refractivity contribution in [2.45, 2.75) is 45.1 Å². The summed E-state index contributed by atoms with van der Waals surface area (Å²) in [5.41, 5.74) is 1.05. The van der Waals surface area contributed by atoms with Gasteiger partial charge in [0.15, 0.2) is 5.82 Å². The molecule has 0 bridgehead atoms. The van der Waals surface area contributed by atoms with Crippen molar-refractivity contribution in [2.75, 3.05) is 32.8 Å². The molecule has 2 aliphatic heterocycles. The Balaban J connectivity index is 1.55. The van der Waals surface area contributed by atoms with Crippen molar-refractivity contribution < 1.29 is 18.7 Å². The number of hydrogen-bond donors (Lipinski definition) is 0. The summed E-state index contributed by atoms with van der Waals surface area (Å²) in [5.74, 6) is 0.101. The number of benzene rings is 1. The third kappa shape index (κ3) is 4.24. The Kier molecular flexibility index (Phi) is 6.24. The molecule has 0 saturated carbocycles. The zero-order valence-electron chi connectivity index (χ0n) is 18.8. The van der Waals surface area contributed by atoms with Crippen molar-refractivity contribution in [3.8, 4) is 0 Å². The molecule has 32 heavy (non-hydrogen) atoms. The van der Waals surface area contributed by atoms with Gasteiger partial charge in [0, 0.05) is 25.8 Å². The molecule has 170 valence electrons. The molecule has 1 aromatic carbocycles. The molecule has 7 nitrogen and oxygen atoms in total. The van der Waals surface area contributed by atoms with Crippen LogP contribution in [0.4, 0.5) is 4.39 Å². The van der Waals surface area contributed by atoms with E-state index in [9.17, 15) is 14.0 Å². The van der Waals surface area contributed by atoms with E-state index in [1.807, 2.05) is 25.7 Å². The summed E-state index contributed by atoms with van der Waals surface area (Å²) in [6.07, 6.45) is 3.20. The van der Waals surface area contributed by atoms with E-state index in [1.165, 1.54) is 12.1 Å². The molecule has 2 amide bonds. The summed E-state index contributed by atoms with van der Waals surface area (Å²) < 4.78 is 18.7. The molecular formula is C24H29FN4O3. The van der Waals surface area contributed by atoms with Crippen LogP contribution in [0.2, 0.25) is 0 Å². The fourth-order valence-corrected chi connectivity index (χ4v) is 4.42. The Morgan fingerprint density at radius 1 is 1.12 bits per heavy atom. The fourth-order valence-electron chi connectivity index (χ4n) is 4.42. The molecule has 3 heterocycles. The van der Waals surface area contributed by atoms with Crippen molar-refractivity contribution in [2.24, 2.45) is 0 Å². The van der Waals surface area contributed by atoms with Crippen LogP contribution in [0.3, 0.4) is 0 Å². The Bertz CT molecular complexity index is 1000. The van der Waals surface area contributed by atoms with Gasteiger partial charge in [-0.3, -0.25) is 9.59 Å². The number of ether oxygens (including phenoxy) is 1. The van der Waals surface area contributed by atoms with Crippen LogP contribution in [0.1, 0.15) is 60.2 Å². The molecule has 2 saturated heterocycles. The summed E-state index contributed by atoms with van der Waals surface area (Å²) in [6.45, 7) is 8.32. The normalized spacial score (nSPS) is 19.3. The first-order chi connectivity index (χ1) is 15.3. The molecule has 0 radical (unpaired) electrons. The van der Waals surface area contributed by atoms with E-state index in [0.29, 0.717) is 49.9 Å². The van der Waals surface area contributed by atoms with Crippen LogP contribution in [-0.2, 0) is 14.9 Å². The molecule has 8 heteroatoms. The van der Waals surface area contributed by atoms with Gasteiger partial charge in [0.05, 0.1) is 35.9 Å². The van der Waals surface area contributed by atoms with Crippen molar-refractivity contribution in [1.29, 1.82) is 0 Å². The number of hydrogen-bond acceptors (Lipinski definition) is 5. The Hall–Kier alpha value is -2.87. The van der Waals surface area contributed by atoms with Crippen LogP contribution in [0.15, 0.2) is 30.5 Å². The molecule has 0 aliphatic carbocycles. The van der Waals surface area contributed by atoms with Gasteiger partial charge >= 0.3 is 0 Å². The minimum Gasteiger partial charge on any atom is -0.378 e. The molecule has 4 rings (SSSR count). The minimum absolute atomic E-state index is 0.0404. The van der Waals surface area contributed by atoms with Crippen molar-refractivity contribution in [3.63, 3.8) is 0 Å². The highest BCUT2D eigenvalue weighted by atomic mass is 19.1. The van der Waals surface area contributed by atoms with E-state index < -0.39 is 5.41 Å². The van der Waals surface area contributed by atoms with Crippen molar-refractivity contribution in [3.05, 3.63) is 58.9 Å². The maximum absolute atomic E-state index is 13.5. The third-order valence-corrected chi connectivity index (χ3v) is 6.44. The zero-order valence-corrected chi connectivity index (χ0v) is 18.8. The second kappa shape index (κ2) is 8.94. The molecule has 2 aromatic rings. The van der Waals surface area contributed by atoms with Crippen LogP contribution < -0.4 is 0 Å². The lowest BCUT2D eigenvalue weighted by Gasteiger charge is -2.33. The standard InChI is InChI=1S/C24H29FN4O3/c1-16-19(22(30)28-11-13-32-14-12-28)15-26-21(27-16)20-5-4-10-29(20)23(31)24(2,3)17-6-8-18(25)9-7-17/h6-9,15,20H,4-5,10-14H2,1-3H3/t20-/m0/s1. The van der Waals surface area contributed by atoms with Crippen LogP contribution in [-0.4, -0.2) is 64.4 Å². The Morgan fingerprint density at radius 2 is 1.81 bits per heavy atom. The number of morpholine rings is 1. The quantitative estimate of drug-likeness (QED) is 0.731. The fraction of sp³-hybridized carbons (Fsp3) is 0.500. The van der Waals surface area contributed by atoms with Crippen molar-refractivity contribution >= 4 is 11.8 Å². The van der Waals surface area contributed by atoms with Crippen LogP contribution >= 0.6 is 0 Å². The summed E-state index contributed by atoms with van der Waals surface area (Å²) >= 11 is 0. The molecule has 1 atom stereocenters. The van der Waals surface area contributed by atoms with Gasteiger partial charge in [0.1, 0.15) is 5.82 Å². The highest BCUT2D eigenvalue weighted by Crippen LogP contribution is 2.35. The number of halogens is 1. The molecule has 0 N–H and O–H groups in total. The predicted molar refractivity (Wildman–Crippen MR) is 117 cm³/mol. The lowest BCUT2D eigenvalue weighted by atomic mass is 9.83. The minimum atomic E-state index is -0.808. The van der Waals surface area contributed by atoms with Crippen LogP contribution in [0.5, 0.6) is 0 Å². The van der Waals surface area contributed by atoms with Crippen LogP contribution in [0.25, 0.3) is 0 Å². The number of carbonyl (C=O) groups is 2. The SMILES string of the molecule is Cc1nc([C@@H]2CCCN2C(=O)C(C)(C)c2ccc(F)cc2)ncc1C(=O)N1CCOCC1. The van der Waals surface area contributed by atoms with Gasteiger partial charge in [-0.15, -0.1) is 0 Å². The number of amides is 2. The predicted octanol–water partition coefficient (Wildman–Crippen LogP) is 3.04. The Morgan fingerprint density at radius 3 is 2.47 bits per heavy atom. The largest absolute Gasteiger partial charge is 0.378 e. The lowest BCUT2D eigenvalue weighted by molar-refractivity contribution is -0.137. The van der Waals surface area contributed by atoms with E-state index >= 15 is 0 Å². The average Bonchev–Trinajstić information content (AvgIpc) is 3.28. The summed E-state index contributed by atoms with van der Waals surface area (Å²) in [5, 5.41) is 0. The summed E-state index contributed by atoms with van der Waals surface area (Å²) in [4.78, 5) is 39.1. The van der Waals surface area contributed by atoms with Gasteiger partial charge in [0.2, 0.25) is 5.91 Å². The number of likely N-dealkylation sites (tertiary alicyclic amines) is 1. The average molecular weight is 441 g/mol. The van der Waals surface area contributed by atoms with Crippen molar-refractivity contribution in [1.82, 2.24) is 19.8 Å². The van der Waals surface area contributed by atoms with Gasteiger partial charge in [-0.05, 0) is 51.3 Å². The topological polar surface area (TPSA) is 75.6 Å². The second-order valence-electron chi connectivity index (χ2n) is 8.92. The third-order valence-electron chi connectivity index (χ3n) is 6.44. The van der Waals surface area contributed by atoms with E-state index in [-0.39, 0.29) is 23.7 Å². The zero-order chi connectivity index (χ0) is 22.9. The molecule has 0 spiro atoms. The van der Waals surface area contributed by atoms with Gasteiger partial charge < -0.3 is 14.5 Å². The van der Waals surface area contributed by atoms with E-state index in [0.717, 1.165) is 18.4 Å². The molecule has 1 aromatic heterocycles. The van der Waals surface area contributed by atoms with E-state index in [4.69, 9.17) is 4.74 Å². The highest BCUT2D eigenvalue weighted by Gasteiger charge is 2.40. The molecule has 0 unspecified atom stereocenters. The van der Waals surface area contributed by atoms with Gasteiger partial charge in [-0.2, -0.15) is 0 Å².